The number of carbonyl (C=O) groups is 1. The first kappa shape index (κ1) is 17.4. The van der Waals surface area contributed by atoms with Gasteiger partial charge in [-0.1, -0.05) is 24.3 Å². The van der Waals surface area contributed by atoms with Crippen LogP contribution in [-0.2, 0) is 31.4 Å². The Morgan fingerprint density at radius 2 is 1.84 bits per heavy atom. The number of rotatable bonds is 6. The van der Waals surface area contributed by atoms with Gasteiger partial charge in [0.1, 0.15) is 0 Å². The number of urea groups is 1. The number of nitrogens with zero attached hydrogens (tertiary/aromatic N) is 3. The number of benzene rings is 1. The average molecular weight is 343 g/mol. The fourth-order valence-electron chi connectivity index (χ4n) is 2.87. The molecule has 1 fully saturated rings. The highest BCUT2D eigenvalue weighted by molar-refractivity contribution is 5.73. The number of amides is 2. The Morgan fingerprint density at radius 3 is 2.56 bits per heavy atom. The summed E-state index contributed by atoms with van der Waals surface area (Å²) in [5.74, 6) is 0. The first-order chi connectivity index (χ1) is 12.2. The van der Waals surface area contributed by atoms with Gasteiger partial charge in [0.25, 0.3) is 0 Å². The summed E-state index contributed by atoms with van der Waals surface area (Å²) in [6.45, 7) is 5.33. The van der Waals surface area contributed by atoms with Gasteiger partial charge >= 0.3 is 6.03 Å². The molecule has 0 radical (unpaired) electrons. The maximum atomic E-state index is 12.0. The van der Waals surface area contributed by atoms with E-state index in [0.717, 1.165) is 44.1 Å². The van der Waals surface area contributed by atoms with Crippen LogP contribution >= 0.6 is 0 Å². The van der Waals surface area contributed by atoms with Crippen molar-refractivity contribution in [3.05, 3.63) is 53.3 Å². The predicted octanol–water partition coefficient (Wildman–Crippen LogP) is 1.25. The molecule has 1 aliphatic heterocycles. The van der Waals surface area contributed by atoms with Gasteiger partial charge < -0.3 is 15.4 Å². The van der Waals surface area contributed by atoms with E-state index >= 15 is 0 Å². The second-order valence-electron chi connectivity index (χ2n) is 6.14. The lowest BCUT2D eigenvalue weighted by molar-refractivity contribution is 0.0341. The van der Waals surface area contributed by atoms with Gasteiger partial charge in [-0.05, 0) is 17.2 Å². The molecule has 1 saturated heterocycles. The van der Waals surface area contributed by atoms with Crippen molar-refractivity contribution >= 4 is 6.03 Å². The molecular formula is C18H25N5O2. The Kier molecular flexibility index (Phi) is 6.03. The van der Waals surface area contributed by atoms with E-state index in [0.29, 0.717) is 13.1 Å². The van der Waals surface area contributed by atoms with Crippen LogP contribution in [0.3, 0.4) is 0 Å². The van der Waals surface area contributed by atoms with Crippen LogP contribution < -0.4 is 10.6 Å². The van der Waals surface area contributed by atoms with E-state index in [1.165, 1.54) is 5.56 Å². The number of carbonyl (C=O) groups excluding carboxylic acids is 1. The number of nitrogens with one attached hydrogen (secondary N) is 2. The molecule has 0 bridgehead atoms. The Morgan fingerprint density at radius 1 is 1.12 bits per heavy atom. The second-order valence-corrected chi connectivity index (χ2v) is 6.14. The molecule has 0 atom stereocenters. The van der Waals surface area contributed by atoms with Crippen molar-refractivity contribution in [1.82, 2.24) is 25.3 Å². The number of morpholine rings is 1. The van der Waals surface area contributed by atoms with Crippen molar-refractivity contribution in [2.24, 2.45) is 7.05 Å². The molecule has 3 rings (SSSR count). The number of ether oxygens (including phenoxy) is 1. The highest BCUT2D eigenvalue weighted by Gasteiger charge is 2.13. The highest BCUT2D eigenvalue weighted by Crippen LogP contribution is 2.13. The van der Waals surface area contributed by atoms with Gasteiger partial charge in [-0.3, -0.25) is 9.58 Å². The van der Waals surface area contributed by atoms with Crippen LogP contribution in [0.15, 0.2) is 36.5 Å². The van der Waals surface area contributed by atoms with Crippen LogP contribution in [0.25, 0.3) is 0 Å². The number of aryl methyl sites for hydroxylation is 1. The van der Waals surface area contributed by atoms with Crippen LogP contribution in [-0.4, -0.2) is 47.0 Å². The van der Waals surface area contributed by atoms with Crippen LogP contribution in [0.4, 0.5) is 4.79 Å². The first-order valence-electron chi connectivity index (χ1n) is 8.58. The Bertz CT molecular complexity index is 694. The van der Waals surface area contributed by atoms with Crippen molar-refractivity contribution < 1.29 is 9.53 Å². The van der Waals surface area contributed by atoms with Gasteiger partial charge in [0.2, 0.25) is 0 Å². The van der Waals surface area contributed by atoms with Crippen LogP contribution in [0.5, 0.6) is 0 Å². The summed E-state index contributed by atoms with van der Waals surface area (Å²) < 4.78 is 7.15. The van der Waals surface area contributed by atoms with Gasteiger partial charge in [-0.2, -0.15) is 5.10 Å². The minimum Gasteiger partial charge on any atom is -0.379 e. The molecule has 2 heterocycles. The van der Waals surface area contributed by atoms with Crippen molar-refractivity contribution in [3.63, 3.8) is 0 Å². The van der Waals surface area contributed by atoms with E-state index in [1.807, 2.05) is 25.2 Å². The highest BCUT2D eigenvalue weighted by atomic mass is 16.5. The lowest BCUT2D eigenvalue weighted by Gasteiger charge is -2.27. The van der Waals surface area contributed by atoms with Crippen LogP contribution in [0.1, 0.15) is 16.8 Å². The molecule has 7 heteroatoms. The zero-order valence-corrected chi connectivity index (χ0v) is 14.6. The normalized spacial score (nSPS) is 15.1. The Balaban J connectivity index is 1.50. The van der Waals surface area contributed by atoms with E-state index in [4.69, 9.17) is 4.74 Å². The largest absolute Gasteiger partial charge is 0.379 e. The SMILES string of the molecule is Cn1nccc1CNC(=O)NCc1ccccc1CN1CCOCC1. The predicted molar refractivity (Wildman–Crippen MR) is 94.8 cm³/mol. The Labute approximate surface area is 148 Å². The molecule has 1 aliphatic rings. The van der Waals surface area contributed by atoms with Gasteiger partial charge in [0.15, 0.2) is 0 Å². The van der Waals surface area contributed by atoms with E-state index < -0.39 is 0 Å². The molecular weight excluding hydrogens is 318 g/mol. The fraction of sp³-hybridized carbons (Fsp3) is 0.444. The summed E-state index contributed by atoms with van der Waals surface area (Å²) in [5, 5.41) is 9.88. The standard InChI is InChI=1S/C18H25N5O2/c1-22-17(6-7-21-22)13-20-18(24)19-12-15-4-2-3-5-16(15)14-23-8-10-25-11-9-23/h2-7H,8-14H2,1H3,(H2,19,20,24). The van der Waals surface area contributed by atoms with Crippen LogP contribution in [0, 0.1) is 0 Å². The first-order valence-corrected chi connectivity index (χ1v) is 8.58. The third-order valence-corrected chi connectivity index (χ3v) is 4.41. The van der Waals surface area contributed by atoms with Crippen molar-refractivity contribution in [2.45, 2.75) is 19.6 Å². The molecule has 2 aromatic rings. The number of aromatic nitrogens is 2. The summed E-state index contributed by atoms with van der Waals surface area (Å²) in [4.78, 5) is 14.4. The quantitative estimate of drug-likeness (QED) is 0.828. The zero-order valence-electron chi connectivity index (χ0n) is 14.6. The Hall–Kier alpha value is -2.38. The van der Waals surface area contributed by atoms with Gasteiger partial charge in [-0.25, -0.2) is 4.79 Å². The summed E-state index contributed by atoms with van der Waals surface area (Å²) in [5.41, 5.74) is 3.35. The third-order valence-electron chi connectivity index (χ3n) is 4.41. The maximum absolute atomic E-state index is 12.0. The molecule has 2 amide bonds. The van der Waals surface area contributed by atoms with Crippen molar-refractivity contribution in [1.29, 1.82) is 0 Å². The second kappa shape index (κ2) is 8.64. The molecule has 0 unspecified atom stereocenters. The molecule has 0 saturated carbocycles. The topological polar surface area (TPSA) is 71.4 Å². The minimum absolute atomic E-state index is 0.178. The minimum atomic E-state index is -0.178. The summed E-state index contributed by atoms with van der Waals surface area (Å²) >= 11 is 0. The third kappa shape index (κ3) is 5.04. The van der Waals surface area contributed by atoms with Crippen molar-refractivity contribution in [2.75, 3.05) is 26.3 Å². The summed E-state index contributed by atoms with van der Waals surface area (Å²) in [6.07, 6.45) is 1.72. The average Bonchev–Trinajstić information content (AvgIpc) is 3.05. The summed E-state index contributed by atoms with van der Waals surface area (Å²) in [6, 6.07) is 9.95. The molecule has 2 N–H and O–H groups in total. The molecule has 134 valence electrons. The van der Waals surface area contributed by atoms with Crippen molar-refractivity contribution in [3.8, 4) is 0 Å². The van der Waals surface area contributed by atoms with Crippen LogP contribution in [0.2, 0.25) is 0 Å². The number of hydrogen-bond donors (Lipinski definition) is 2. The smallest absolute Gasteiger partial charge is 0.315 e. The maximum Gasteiger partial charge on any atom is 0.315 e. The molecule has 1 aromatic heterocycles. The molecule has 25 heavy (non-hydrogen) atoms. The monoisotopic (exact) mass is 343 g/mol. The van der Waals surface area contributed by atoms with E-state index in [2.05, 4.69) is 32.8 Å². The van der Waals surface area contributed by atoms with E-state index in [-0.39, 0.29) is 6.03 Å². The zero-order chi connectivity index (χ0) is 17.5. The molecule has 0 spiro atoms. The van der Waals surface area contributed by atoms with Gasteiger partial charge in [0.05, 0.1) is 25.5 Å². The lowest BCUT2D eigenvalue weighted by atomic mass is 10.1. The molecule has 1 aromatic carbocycles. The van der Waals surface area contributed by atoms with Gasteiger partial charge in [0, 0.05) is 39.4 Å². The van der Waals surface area contributed by atoms with E-state index in [9.17, 15) is 4.79 Å². The lowest BCUT2D eigenvalue weighted by Crippen LogP contribution is -2.37. The molecule has 7 nitrogen and oxygen atoms in total. The summed E-state index contributed by atoms with van der Waals surface area (Å²) in [7, 11) is 1.86. The fourth-order valence-corrected chi connectivity index (χ4v) is 2.87. The number of hydrogen-bond acceptors (Lipinski definition) is 4. The molecule has 0 aliphatic carbocycles. The van der Waals surface area contributed by atoms with E-state index in [1.54, 1.807) is 10.9 Å². The van der Waals surface area contributed by atoms with Gasteiger partial charge in [-0.15, -0.1) is 0 Å².